The molecule has 36 heavy (non-hydrogen) atoms. The number of fused-ring (bicyclic) bond motifs is 1. The standard InChI is InChI=1S/C24H32FN9O2/c1-15(35)13-36-21-7-6-16(10-20(21)34-14-27-31-32-34)29-23-26-12-19(25)22(30-23)28-17-9-18-5-4-8-33(18)24(2,3)11-17/h6-7,10,12,14-15,17-18,35H,4-5,8-9,11,13H2,1-3H3,(H2,26,28,29,30)/t15?,17-,18-/m1/s1. The molecule has 2 fully saturated rings. The minimum absolute atomic E-state index is 0.0614. The third-order valence-corrected chi connectivity index (χ3v) is 6.83. The zero-order valence-electron chi connectivity index (χ0n) is 20.7. The SMILES string of the molecule is CC(O)COc1ccc(Nc2ncc(F)c(N[C@@H]3C[C@H]4CCCN4C(C)(C)C3)n2)cc1-n1cnnn1. The van der Waals surface area contributed by atoms with Crippen LogP contribution in [-0.4, -0.2) is 77.1 Å². The van der Waals surface area contributed by atoms with Crippen molar-refractivity contribution in [1.29, 1.82) is 0 Å². The summed E-state index contributed by atoms with van der Waals surface area (Å²) in [6, 6.07) is 5.94. The molecule has 2 aliphatic heterocycles. The van der Waals surface area contributed by atoms with E-state index >= 15 is 0 Å². The highest BCUT2D eigenvalue weighted by Crippen LogP contribution is 2.38. The maximum atomic E-state index is 14.7. The smallest absolute Gasteiger partial charge is 0.229 e. The summed E-state index contributed by atoms with van der Waals surface area (Å²) < 4.78 is 21.9. The minimum Gasteiger partial charge on any atom is -0.489 e. The summed E-state index contributed by atoms with van der Waals surface area (Å²) in [6.45, 7) is 7.42. The highest BCUT2D eigenvalue weighted by Gasteiger charge is 2.43. The van der Waals surface area contributed by atoms with Crippen LogP contribution in [0.1, 0.15) is 46.5 Å². The molecule has 192 valence electrons. The van der Waals surface area contributed by atoms with Gasteiger partial charge in [-0.15, -0.1) is 5.10 Å². The summed E-state index contributed by atoms with van der Waals surface area (Å²) >= 11 is 0. The van der Waals surface area contributed by atoms with Crippen molar-refractivity contribution in [1.82, 2.24) is 35.1 Å². The fourth-order valence-corrected chi connectivity index (χ4v) is 5.35. The second kappa shape index (κ2) is 9.94. The van der Waals surface area contributed by atoms with Crippen LogP contribution in [0.5, 0.6) is 5.75 Å². The Morgan fingerprint density at radius 3 is 2.97 bits per heavy atom. The molecule has 1 unspecified atom stereocenters. The van der Waals surface area contributed by atoms with Gasteiger partial charge in [0, 0.05) is 23.3 Å². The van der Waals surface area contributed by atoms with Crippen molar-refractivity contribution in [3.63, 3.8) is 0 Å². The third kappa shape index (κ3) is 5.24. The van der Waals surface area contributed by atoms with Crippen molar-refractivity contribution in [2.75, 3.05) is 23.8 Å². The van der Waals surface area contributed by atoms with E-state index in [-0.39, 0.29) is 30.0 Å². The number of hydrogen-bond acceptors (Lipinski definition) is 10. The van der Waals surface area contributed by atoms with Crippen molar-refractivity contribution < 1.29 is 14.2 Å². The summed E-state index contributed by atoms with van der Waals surface area (Å²) in [4.78, 5) is 11.2. The summed E-state index contributed by atoms with van der Waals surface area (Å²) in [5.74, 6) is 0.467. The van der Waals surface area contributed by atoms with E-state index < -0.39 is 11.9 Å². The van der Waals surface area contributed by atoms with Crippen LogP contribution < -0.4 is 15.4 Å². The van der Waals surface area contributed by atoms with Crippen LogP contribution in [0.3, 0.4) is 0 Å². The lowest BCUT2D eigenvalue weighted by molar-refractivity contribution is 0.0500. The van der Waals surface area contributed by atoms with Crippen molar-refractivity contribution in [3.05, 3.63) is 36.5 Å². The lowest BCUT2D eigenvalue weighted by Crippen LogP contribution is -2.55. The van der Waals surface area contributed by atoms with Gasteiger partial charge in [-0.1, -0.05) is 0 Å². The monoisotopic (exact) mass is 497 g/mol. The van der Waals surface area contributed by atoms with E-state index in [1.807, 2.05) is 0 Å². The fourth-order valence-electron chi connectivity index (χ4n) is 5.35. The number of hydrogen-bond donors (Lipinski definition) is 3. The second-order valence-corrected chi connectivity index (χ2v) is 10.2. The molecule has 0 spiro atoms. The van der Waals surface area contributed by atoms with Gasteiger partial charge in [0.15, 0.2) is 11.6 Å². The molecule has 5 rings (SSSR count). The van der Waals surface area contributed by atoms with Crippen LogP contribution >= 0.6 is 0 Å². The van der Waals surface area contributed by atoms with E-state index in [1.54, 1.807) is 25.1 Å². The Labute approximate surface area is 209 Å². The molecule has 0 aliphatic carbocycles. The number of piperidine rings is 1. The molecule has 12 heteroatoms. The fraction of sp³-hybridized carbons (Fsp3) is 0.542. The lowest BCUT2D eigenvalue weighted by Gasteiger charge is -2.47. The average molecular weight is 498 g/mol. The molecule has 3 aromatic rings. The molecular weight excluding hydrogens is 465 g/mol. The molecule has 4 heterocycles. The maximum absolute atomic E-state index is 14.7. The van der Waals surface area contributed by atoms with Gasteiger partial charge >= 0.3 is 0 Å². The van der Waals surface area contributed by atoms with Crippen molar-refractivity contribution >= 4 is 17.5 Å². The van der Waals surface area contributed by atoms with Crippen LogP contribution in [0, 0.1) is 5.82 Å². The molecule has 11 nitrogen and oxygen atoms in total. The van der Waals surface area contributed by atoms with Gasteiger partial charge in [0.05, 0.1) is 12.3 Å². The number of anilines is 3. The van der Waals surface area contributed by atoms with Gasteiger partial charge in [-0.3, -0.25) is 4.90 Å². The van der Waals surface area contributed by atoms with Crippen LogP contribution in [-0.2, 0) is 0 Å². The molecule has 3 N–H and O–H groups in total. The van der Waals surface area contributed by atoms with Gasteiger partial charge in [0.1, 0.15) is 24.4 Å². The van der Waals surface area contributed by atoms with Crippen molar-refractivity contribution in [2.45, 2.75) is 70.2 Å². The van der Waals surface area contributed by atoms with E-state index in [0.717, 1.165) is 19.4 Å². The number of halogens is 1. The zero-order valence-corrected chi connectivity index (χ0v) is 20.7. The molecular formula is C24H32FN9O2. The van der Waals surface area contributed by atoms with E-state index in [1.165, 1.54) is 30.0 Å². The van der Waals surface area contributed by atoms with Gasteiger partial charge < -0.3 is 20.5 Å². The van der Waals surface area contributed by atoms with Gasteiger partial charge in [-0.05, 0) is 81.6 Å². The van der Waals surface area contributed by atoms with E-state index in [2.05, 4.69) is 54.9 Å². The quantitative estimate of drug-likeness (QED) is 0.428. The third-order valence-electron chi connectivity index (χ3n) is 6.83. The van der Waals surface area contributed by atoms with Gasteiger partial charge in [0.2, 0.25) is 5.95 Å². The first-order valence-corrected chi connectivity index (χ1v) is 12.3. The van der Waals surface area contributed by atoms with Crippen LogP contribution in [0.4, 0.5) is 21.8 Å². The largest absolute Gasteiger partial charge is 0.489 e. The number of rotatable bonds is 8. The molecule has 0 bridgehead atoms. The van der Waals surface area contributed by atoms with Crippen LogP contribution in [0.2, 0.25) is 0 Å². The van der Waals surface area contributed by atoms with Crippen LogP contribution in [0.15, 0.2) is 30.7 Å². The number of benzene rings is 1. The Kier molecular flexibility index (Phi) is 6.71. The van der Waals surface area contributed by atoms with Crippen LogP contribution in [0.25, 0.3) is 5.69 Å². The summed E-state index contributed by atoms with van der Waals surface area (Å²) in [5, 5.41) is 27.4. The number of nitrogens with zero attached hydrogens (tertiary/aromatic N) is 7. The van der Waals surface area contributed by atoms with E-state index in [9.17, 15) is 9.50 Å². The number of aliphatic hydroxyl groups is 1. The number of nitrogens with one attached hydrogen (secondary N) is 2. The van der Waals surface area contributed by atoms with Gasteiger partial charge in [0.25, 0.3) is 0 Å². The van der Waals surface area contributed by atoms with Gasteiger partial charge in [-0.2, -0.15) is 9.67 Å². The summed E-state index contributed by atoms with van der Waals surface area (Å²) in [5.41, 5.74) is 1.27. The van der Waals surface area contributed by atoms with E-state index in [4.69, 9.17) is 4.74 Å². The highest BCUT2D eigenvalue weighted by molar-refractivity contribution is 5.62. The summed E-state index contributed by atoms with van der Waals surface area (Å²) in [6.07, 6.45) is 6.28. The molecule has 2 saturated heterocycles. The zero-order chi connectivity index (χ0) is 25.3. The number of tetrazole rings is 1. The Balaban J connectivity index is 1.34. The van der Waals surface area contributed by atoms with E-state index in [0.29, 0.717) is 23.2 Å². The Bertz CT molecular complexity index is 1190. The predicted octanol–water partition coefficient (Wildman–Crippen LogP) is 2.91. The summed E-state index contributed by atoms with van der Waals surface area (Å²) in [7, 11) is 0. The highest BCUT2D eigenvalue weighted by atomic mass is 19.1. The molecule has 3 atom stereocenters. The molecule has 1 aromatic carbocycles. The lowest BCUT2D eigenvalue weighted by atomic mass is 9.84. The topological polar surface area (TPSA) is 126 Å². The Hall–Kier alpha value is -3.38. The number of ether oxygens (including phenoxy) is 1. The molecule has 0 saturated carbocycles. The van der Waals surface area contributed by atoms with Crippen molar-refractivity contribution in [3.8, 4) is 11.4 Å². The first kappa shape index (κ1) is 24.3. The first-order valence-electron chi connectivity index (χ1n) is 12.3. The molecule has 0 amide bonds. The number of aromatic nitrogens is 6. The van der Waals surface area contributed by atoms with Gasteiger partial charge in [-0.25, -0.2) is 9.37 Å². The molecule has 2 aliphatic rings. The number of aliphatic hydroxyl groups excluding tert-OH is 1. The Morgan fingerprint density at radius 2 is 2.19 bits per heavy atom. The molecule has 2 aromatic heterocycles. The average Bonchev–Trinajstić information content (AvgIpc) is 3.53. The first-order chi connectivity index (χ1) is 17.3. The Morgan fingerprint density at radius 1 is 1.33 bits per heavy atom. The molecule has 0 radical (unpaired) electrons. The maximum Gasteiger partial charge on any atom is 0.229 e. The normalized spacial score (nSPS) is 22.1. The second-order valence-electron chi connectivity index (χ2n) is 10.2. The minimum atomic E-state index is -0.630. The van der Waals surface area contributed by atoms with Crippen molar-refractivity contribution in [2.24, 2.45) is 0 Å². The predicted molar refractivity (Wildman–Crippen MR) is 132 cm³/mol.